The van der Waals surface area contributed by atoms with E-state index in [1.165, 1.54) is 5.01 Å². The van der Waals surface area contributed by atoms with Crippen molar-refractivity contribution < 1.29 is 9.53 Å². The number of ether oxygens (including phenoxy) is 1. The first kappa shape index (κ1) is 18.3. The van der Waals surface area contributed by atoms with Gasteiger partial charge >= 0.3 is 0 Å². The molecule has 0 unspecified atom stereocenters. The fraction of sp³-hybridized carbons (Fsp3) is 0.158. The van der Waals surface area contributed by atoms with Crippen LogP contribution in [0.1, 0.15) is 0 Å². The molecular weight excluding hydrogens is 373 g/mol. The molecular formula is C19H17Cl2N3O2. The van der Waals surface area contributed by atoms with Gasteiger partial charge in [0, 0.05) is 25.3 Å². The smallest absolute Gasteiger partial charge is 0.282 e. The van der Waals surface area contributed by atoms with Crippen molar-refractivity contribution in [3.8, 4) is 5.75 Å². The van der Waals surface area contributed by atoms with E-state index >= 15 is 0 Å². The monoisotopic (exact) mass is 389 g/mol. The number of nitrogens with zero attached hydrogens (tertiary/aromatic N) is 3. The van der Waals surface area contributed by atoms with Crippen LogP contribution in [0.25, 0.3) is 0 Å². The highest BCUT2D eigenvalue weighted by Crippen LogP contribution is 2.29. The zero-order chi connectivity index (χ0) is 18.7. The van der Waals surface area contributed by atoms with Gasteiger partial charge in [0.15, 0.2) is 0 Å². The number of hydrazone groups is 1. The largest absolute Gasteiger partial charge is 0.486 e. The van der Waals surface area contributed by atoms with E-state index < -0.39 is 0 Å². The highest BCUT2D eigenvalue weighted by molar-refractivity contribution is 6.35. The van der Waals surface area contributed by atoms with Gasteiger partial charge in [-0.25, -0.2) is 0 Å². The van der Waals surface area contributed by atoms with Crippen molar-refractivity contribution in [1.29, 1.82) is 0 Å². The number of rotatable bonds is 5. The summed E-state index contributed by atoms with van der Waals surface area (Å²) in [6, 6.07) is 14.2. The molecule has 5 nitrogen and oxygen atoms in total. The van der Waals surface area contributed by atoms with Crippen molar-refractivity contribution in [3.05, 3.63) is 70.3 Å². The van der Waals surface area contributed by atoms with Gasteiger partial charge in [-0.3, -0.25) is 4.79 Å². The van der Waals surface area contributed by atoms with Crippen LogP contribution in [0, 0.1) is 0 Å². The van der Waals surface area contributed by atoms with Crippen molar-refractivity contribution in [3.63, 3.8) is 0 Å². The van der Waals surface area contributed by atoms with E-state index in [1.54, 1.807) is 29.3 Å². The molecule has 1 aliphatic rings. The summed E-state index contributed by atoms with van der Waals surface area (Å²) in [6.45, 7) is 0.107. The van der Waals surface area contributed by atoms with Gasteiger partial charge in [-0.05, 0) is 30.3 Å². The van der Waals surface area contributed by atoms with E-state index in [0.29, 0.717) is 32.8 Å². The number of benzene rings is 2. The number of para-hydroxylation sites is 1. The molecule has 0 saturated heterocycles. The number of anilines is 1. The minimum Gasteiger partial charge on any atom is -0.486 e. The summed E-state index contributed by atoms with van der Waals surface area (Å²) in [6.07, 6.45) is 1.73. The molecule has 26 heavy (non-hydrogen) atoms. The summed E-state index contributed by atoms with van der Waals surface area (Å²) in [7, 11) is 3.69. The molecule has 0 spiro atoms. The SMILES string of the molecule is CN(C)/C=C1\C(=O)N(c2ccccc2)N=C1COc1ccc(Cl)cc1Cl. The number of hydrogen-bond donors (Lipinski definition) is 0. The number of amides is 1. The molecule has 0 atom stereocenters. The normalized spacial score (nSPS) is 15.4. The van der Waals surface area contributed by atoms with Crippen LogP contribution in [0.15, 0.2) is 65.4 Å². The lowest BCUT2D eigenvalue weighted by Crippen LogP contribution is -2.23. The number of hydrogen-bond acceptors (Lipinski definition) is 4. The average Bonchev–Trinajstić information content (AvgIpc) is 2.91. The standard InChI is InChI=1S/C19H17Cl2N3O2/c1-23(2)11-15-17(12-26-18-9-8-13(20)10-16(18)21)22-24(19(15)25)14-6-4-3-5-7-14/h3-11H,12H2,1-2H3/b15-11-. The van der Waals surface area contributed by atoms with Crippen LogP contribution in [0.2, 0.25) is 10.0 Å². The molecule has 2 aromatic rings. The zero-order valence-electron chi connectivity index (χ0n) is 14.3. The van der Waals surface area contributed by atoms with Crippen molar-refractivity contribution in [2.24, 2.45) is 5.10 Å². The van der Waals surface area contributed by atoms with Crippen molar-refractivity contribution in [2.75, 3.05) is 25.7 Å². The molecule has 134 valence electrons. The topological polar surface area (TPSA) is 45.1 Å². The molecule has 1 aliphatic heterocycles. The lowest BCUT2D eigenvalue weighted by molar-refractivity contribution is -0.114. The molecule has 1 heterocycles. The zero-order valence-corrected chi connectivity index (χ0v) is 15.8. The third-order valence-electron chi connectivity index (χ3n) is 3.60. The van der Waals surface area contributed by atoms with Gasteiger partial charge in [0.05, 0.1) is 16.3 Å². The highest BCUT2D eigenvalue weighted by atomic mass is 35.5. The fourth-order valence-electron chi connectivity index (χ4n) is 2.43. The third kappa shape index (κ3) is 4.00. The molecule has 7 heteroatoms. The molecule has 0 radical (unpaired) electrons. The lowest BCUT2D eigenvalue weighted by atomic mass is 10.1. The Morgan fingerprint density at radius 1 is 1.15 bits per heavy atom. The number of carbonyl (C=O) groups excluding carboxylic acids is 1. The maximum absolute atomic E-state index is 12.8. The fourth-order valence-corrected chi connectivity index (χ4v) is 2.90. The van der Waals surface area contributed by atoms with E-state index in [1.807, 2.05) is 44.4 Å². The van der Waals surface area contributed by atoms with Crippen LogP contribution in [0.3, 0.4) is 0 Å². The molecule has 0 saturated carbocycles. The Kier molecular flexibility index (Phi) is 5.49. The molecule has 0 aliphatic carbocycles. The minimum atomic E-state index is -0.203. The van der Waals surface area contributed by atoms with Crippen LogP contribution in [0.5, 0.6) is 5.75 Å². The summed E-state index contributed by atoms with van der Waals surface area (Å²) in [5.74, 6) is 0.277. The predicted octanol–water partition coefficient (Wildman–Crippen LogP) is 4.22. The van der Waals surface area contributed by atoms with Crippen molar-refractivity contribution >= 4 is 40.5 Å². The quantitative estimate of drug-likeness (QED) is 0.719. The molecule has 0 aromatic heterocycles. The summed E-state index contributed by atoms with van der Waals surface area (Å²) in [5.41, 5.74) is 1.70. The first-order chi connectivity index (χ1) is 12.5. The van der Waals surface area contributed by atoms with Gasteiger partial charge in [-0.15, -0.1) is 0 Å². The van der Waals surface area contributed by atoms with Gasteiger partial charge in [-0.1, -0.05) is 41.4 Å². The Hall–Kier alpha value is -2.50. The van der Waals surface area contributed by atoms with Crippen LogP contribution in [0.4, 0.5) is 5.69 Å². The van der Waals surface area contributed by atoms with Crippen LogP contribution in [-0.4, -0.2) is 37.2 Å². The van der Waals surface area contributed by atoms with Crippen LogP contribution < -0.4 is 9.75 Å². The van der Waals surface area contributed by atoms with Crippen LogP contribution in [-0.2, 0) is 4.79 Å². The second-order valence-corrected chi connectivity index (χ2v) is 6.71. The Bertz CT molecular complexity index is 880. The Morgan fingerprint density at radius 3 is 2.54 bits per heavy atom. The Morgan fingerprint density at radius 2 is 1.88 bits per heavy atom. The van der Waals surface area contributed by atoms with Crippen molar-refractivity contribution in [2.45, 2.75) is 0 Å². The van der Waals surface area contributed by atoms with Gasteiger partial charge in [0.1, 0.15) is 18.1 Å². The summed E-state index contributed by atoms with van der Waals surface area (Å²) in [5, 5.41) is 6.75. The second-order valence-electron chi connectivity index (χ2n) is 5.87. The van der Waals surface area contributed by atoms with Crippen molar-refractivity contribution in [1.82, 2.24) is 4.90 Å². The average molecular weight is 390 g/mol. The first-order valence-corrected chi connectivity index (χ1v) is 8.65. The maximum atomic E-state index is 12.8. The van der Waals surface area contributed by atoms with Gasteiger partial charge in [-0.2, -0.15) is 10.1 Å². The maximum Gasteiger partial charge on any atom is 0.282 e. The summed E-state index contributed by atoms with van der Waals surface area (Å²) < 4.78 is 5.76. The van der Waals surface area contributed by atoms with Gasteiger partial charge < -0.3 is 9.64 Å². The molecule has 1 amide bonds. The second kappa shape index (κ2) is 7.81. The number of halogens is 2. The van der Waals surface area contributed by atoms with Crippen LogP contribution >= 0.6 is 23.2 Å². The van der Waals surface area contributed by atoms with E-state index in [9.17, 15) is 4.79 Å². The van der Waals surface area contributed by atoms with E-state index in [-0.39, 0.29) is 12.5 Å². The molecule has 0 N–H and O–H groups in total. The van der Waals surface area contributed by atoms with Gasteiger partial charge in [0.2, 0.25) is 0 Å². The Labute approximate surface area is 162 Å². The molecule has 2 aromatic carbocycles. The molecule has 3 rings (SSSR count). The Balaban J connectivity index is 1.87. The molecule has 0 bridgehead atoms. The molecule has 0 fully saturated rings. The van der Waals surface area contributed by atoms with E-state index in [0.717, 1.165) is 0 Å². The number of carbonyl (C=O) groups is 1. The first-order valence-electron chi connectivity index (χ1n) is 7.89. The predicted molar refractivity (Wildman–Crippen MR) is 105 cm³/mol. The summed E-state index contributed by atoms with van der Waals surface area (Å²) >= 11 is 12.0. The highest BCUT2D eigenvalue weighted by Gasteiger charge is 2.31. The minimum absolute atomic E-state index is 0.107. The lowest BCUT2D eigenvalue weighted by Gasteiger charge is -2.12. The van der Waals surface area contributed by atoms with E-state index in [2.05, 4.69) is 5.10 Å². The third-order valence-corrected chi connectivity index (χ3v) is 4.13. The summed E-state index contributed by atoms with van der Waals surface area (Å²) in [4.78, 5) is 14.6. The van der Waals surface area contributed by atoms with Gasteiger partial charge in [0.25, 0.3) is 5.91 Å². The van der Waals surface area contributed by atoms with E-state index in [4.69, 9.17) is 27.9 Å².